The van der Waals surface area contributed by atoms with Crippen molar-refractivity contribution in [3.05, 3.63) is 29.4 Å². The van der Waals surface area contributed by atoms with Gasteiger partial charge in [0, 0.05) is 5.56 Å². The molecule has 0 saturated carbocycles. The standard InChI is InChI=1S/C12H15ClN4O3S/c1-14-21(18,19)6-5-17-8-12(15-16-17)10-7-9(20-2)3-4-11(10)13/h3-4,7-8,14H,5-6H2,1-2H3. The van der Waals surface area contributed by atoms with E-state index in [0.29, 0.717) is 22.0 Å². The third-order valence-corrected chi connectivity index (χ3v) is 4.56. The fourth-order valence-corrected chi connectivity index (χ4v) is 2.52. The number of nitrogens with one attached hydrogen (secondary N) is 1. The first kappa shape index (κ1) is 15.7. The lowest BCUT2D eigenvalue weighted by molar-refractivity contribution is 0.415. The van der Waals surface area contributed by atoms with Crippen LogP contribution in [-0.2, 0) is 16.6 Å². The zero-order valence-electron chi connectivity index (χ0n) is 11.6. The molecule has 0 aliphatic rings. The Hall–Kier alpha value is -1.64. The molecular weight excluding hydrogens is 316 g/mol. The number of hydrogen-bond acceptors (Lipinski definition) is 5. The number of ether oxygens (including phenoxy) is 1. The van der Waals surface area contributed by atoms with Gasteiger partial charge in [-0.1, -0.05) is 16.8 Å². The summed E-state index contributed by atoms with van der Waals surface area (Å²) in [7, 11) is -0.341. The molecule has 0 radical (unpaired) electrons. The predicted octanol–water partition coefficient (Wildman–Crippen LogP) is 1.16. The van der Waals surface area contributed by atoms with Crippen molar-refractivity contribution in [3.8, 4) is 17.0 Å². The van der Waals surface area contributed by atoms with E-state index in [1.54, 1.807) is 31.5 Å². The van der Waals surface area contributed by atoms with Crippen LogP contribution in [0.4, 0.5) is 0 Å². The van der Waals surface area contributed by atoms with Crippen LogP contribution in [0.5, 0.6) is 5.75 Å². The number of halogens is 1. The molecular formula is C12H15ClN4O3S. The molecule has 114 valence electrons. The van der Waals surface area contributed by atoms with Crippen LogP contribution in [0.15, 0.2) is 24.4 Å². The van der Waals surface area contributed by atoms with E-state index in [0.717, 1.165) is 0 Å². The van der Waals surface area contributed by atoms with E-state index in [2.05, 4.69) is 15.0 Å². The van der Waals surface area contributed by atoms with Gasteiger partial charge in [-0.15, -0.1) is 5.10 Å². The number of aromatic nitrogens is 3. The van der Waals surface area contributed by atoms with Crippen molar-refractivity contribution in [2.45, 2.75) is 6.54 Å². The lowest BCUT2D eigenvalue weighted by atomic mass is 10.1. The maximum absolute atomic E-state index is 11.4. The van der Waals surface area contributed by atoms with Gasteiger partial charge in [-0.3, -0.25) is 4.68 Å². The van der Waals surface area contributed by atoms with E-state index in [-0.39, 0.29) is 12.3 Å². The summed E-state index contributed by atoms with van der Waals surface area (Å²) in [5.74, 6) is 0.583. The summed E-state index contributed by atoms with van der Waals surface area (Å²) in [5.41, 5.74) is 1.24. The summed E-state index contributed by atoms with van der Waals surface area (Å²) >= 11 is 6.13. The van der Waals surface area contributed by atoms with Crippen LogP contribution in [0.3, 0.4) is 0 Å². The number of benzene rings is 1. The molecule has 1 aromatic heterocycles. The third-order valence-electron chi connectivity index (χ3n) is 2.89. The molecule has 0 bridgehead atoms. The van der Waals surface area contributed by atoms with Gasteiger partial charge in [-0.2, -0.15) is 0 Å². The normalized spacial score (nSPS) is 11.6. The van der Waals surface area contributed by atoms with E-state index in [4.69, 9.17) is 16.3 Å². The van der Waals surface area contributed by atoms with Crippen molar-refractivity contribution in [2.75, 3.05) is 19.9 Å². The fraction of sp³-hybridized carbons (Fsp3) is 0.333. The Morgan fingerprint density at radius 2 is 2.19 bits per heavy atom. The van der Waals surface area contributed by atoms with Crippen LogP contribution in [-0.4, -0.2) is 43.3 Å². The van der Waals surface area contributed by atoms with Crippen LogP contribution in [0.1, 0.15) is 0 Å². The van der Waals surface area contributed by atoms with Crippen LogP contribution in [0.2, 0.25) is 5.02 Å². The van der Waals surface area contributed by atoms with E-state index < -0.39 is 10.0 Å². The number of methoxy groups -OCH3 is 1. The Bertz CT molecular complexity index is 730. The first-order valence-corrected chi connectivity index (χ1v) is 8.13. The van der Waals surface area contributed by atoms with E-state index >= 15 is 0 Å². The van der Waals surface area contributed by atoms with Gasteiger partial charge in [0.1, 0.15) is 11.4 Å². The maximum atomic E-state index is 11.4. The van der Waals surface area contributed by atoms with E-state index in [1.807, 2.05) is 0 Å². The van der Waals surface area contributed by atoms with Crippen LogP contribution >= 0.6 is 11.6 Å². The van der Waals surface area contributed by atoms with Gasteiger partial charge in [-0.25, -0.2) is 13.1 Å². The average molecular weight is 331 g/mol. The second-order valence-corrected chi connectivity index (χ2v) is 6.69. The van der Waals surface area contributed by atoms with Gasteiger partial charge < -0.3 is 4.74 Å². The van der Waals surface area contributed by atoms with E-state index in [1.165, 1.54) is 11.7 Å². The topological polar surface area (TPSA) is 86.1 Å². The molecule has 7 nitrogen and oxygen atoms in total. The summed E-state index contributed by atoms with van der Waals surface area (Å²) in [5, 5.41) is 8.43. The van der Waals surface area contributed by atoms with Crippen LogP contribution < -0.4 is 9.46 Å². The Balaban J connectivity index is 2.20. The fourth-order valence-electron chi connectivity index (χ4n) is 1.67. The molecule has 0 unspecified atom stereocenters. The maximum Gasteiger partial charge on any atom is 0.213 e. The van der Waals surface area contributed by atoms with Crippen molar-refractivity contribution >= 4 is 21.6 Å². The van der Waals surface area contributed by atoms with Crippen molar-refractivity contribution in [3.63, 3.8) is 0 Å². The minimum Gasteiger partial charge on any atom is -0.497 e. The molecule has 0 aliphatic heterocycles. The van der Waals surface area contributed by atoms with Gasteiger partial charge >= 0.3 is 0 Å². The van der Waals surface area contributed by atoms with Crippen molar-refractivity contribution in [2.24, 2.45) is 0 Å². The van der Waals surface area contributed by atoms with Crippen LogP contribution in [0, 0.1) is 0 Å². The first-order valence-electron chi connectivity index (χ1n) is 6.10. The lowest BCUT2D eigenvalue weighted by Crippen LogP contribution is -2.24. The minimum atomic E-state index is -3.28. The third kappa shape index (κ3) is 3.93. The smallest absolute Gasteiger partial charge is 0.213 e. The second-order valence-electron chi connectivity index (χ2n) is 4.24. The van der Waals surface area contributed by atoms with E-state index in [9.17, 15) is 8.42 Å². The van der Waals surface area contributed by atoms with Crippen molar-refractivity contribution in [1.29, 1.82) is 0 Å². The Morgan fingerprint density at radius 3 is 2.86 bits per heavy atom. The molecule has 1 aromatic carbocycles. The number of sulfonamides is 1. The summed E-state index contributed by atoms with van der Waals surface area (Å²) in [6.45, 7) is 0.206. The average Bonchev–Trinajstić information content (AvgIpc) is 2.94. The Kier molecular flexibility index (Phi) is 4.81. The summed E-state index contributed by atoms with van der Waals surface area (Å²) < 4.78 is 31.6. The molecule has 0 fully saturated rings. The summed E-state index contributed by atoms with van der Waals surface area (Å²) in [6, 6.07) is 5.21. The summed E-state index contributed by atoms with van der Waals surface area (Å²) in [4.78, 5) is 0. The molecule has 1 N–H and O–H groups in total. The summed E-state index contributed by atoms with van der Waals surface area (Å²) in [6.07, 6.45) is 1.64. The first-order chi connectivity index (χ1) is 9.95. The Labute approximate surface area is 127 Å². The van der Waals surface area contributed by atoms with Gasteiger partial charge in [-0.05, 0) is 25.2 Å². The van der Waals surface area contributed by atoms with Gasteiger partial charge in [0.25, 0.3) is 0 Å². The second kappa shape index (κ2) is 6.42. The highest BCUT2D eigenvalue weighted by Gasteiger charge is 2.12. The van der Waals surface area contributed by atoms with Gasteiger partial charge in [0.15, 0.2) is 0 Å². The molecule has 1 heterocycles. The Morgan fingerprint density at radius 1 is 1.43 bits per heavy atom. The molecule has 0 aliphatic carbocycles. The molecule has 0 atom stereocenters. The zero-order valence-corrected chi connectivity index (χ0v) is 13.1. The highest BCUT2D eigenvalue weighted by Crippen LogP contribution is 2.29. The molecule has 21 heavy (non-hydrogen) atoms. The zero-order chi connectivity index (χ0) is 15.5. The molecule has 2 rings (SSSR count). The van der Waals surface area contributed by atoms with Gasteiger partial charge in [0.2, 0.25) is 10.0 Å². The number of nitrogens with zero attached hydrogens (tertiary/aromatic N) is 3. The molecule has 0 saturated heterocycles. The number of rotatable bonds is 6. The quantitative estimate of drug-likeness (QED) is 0.858. The predicted molar refractivity (Wildman–Crippen MR) is 79.9 cm³/mol. The SMILES string of the molecule is CNS(=O)(=O)CCn1cc(-c2cc(OC)ccc2Cl)nn1. The van der Waals surface area contributed by atoms with Crippen molar-refractivity contribution in [1.82, 2.24) is 19.7 Å². The highest BCUT2D eigenvalue weighted by atomic mass is 35.5. The van der Waals surface area contributed by atoms with Crippen molar-refractivity contribution < 1.29 is 13.2 Å². The van der Waals surface area contributed by atoms with Crippen LogP contribution in [0.25, 0.3) is 11.3 Å². The number of aryl methyl sites for hydroxylation is 1. The highest BCUT2D eigenvalue weighted by molar-refractivity contribution is 7.89. The minimum absolute atomic E-state index is 0.0713. The molecule has 9 heteroatoms. The lowest BCUT2D eigenvalue weighted by Gasteiger charge is -2.04. The molecule has 2 aromatic rings. The van der Waals surface area contributed by atoms with Gasteiger partial charge in [0.05, 0.1) is 30.6 Å². The number of hydrogen-bond donors (Lipinski definition) is 1. The largest absolute Gasteiger partial charge is 0.497 e. The molecule has 0 amide bonds. The monoisotopic (exact) mass is 330 g/mol. The molecule has 0 spiro atoms.